The fourth-order valence-electron chi connectivity index (χ4n) is 4.77. The number of amides is 1. The van der Waals surface area contributed by atoms with Crippen molar-refractivity contribution in [3.63, 3.8) is 0 Å². The number of nitrogens with zero attached hydrogens (tertiary/aromatic N) is 5. The van der Waals surface area contributed by atoms with Crippen molar-refractivity contribution in [1.82, 2.24) is 24.6 Å². The van der Waals surface area contributed by atoms with E-state index in [-0.39, 0.29) is 30.2 Å². The molecule has 39 heavy (non-hydrogen) atoms. The molecule has 0 fully saturated rings. The lowest BCUT2D eigenvalue weighted by atomic mass is 9.87. The second-order valence-electron chi connectivity index (χ2n) is 9.11. The van der Waals surface area contributed by atoms with Crippen LogP contribution in [0.2, 0.25) is 0 Å². The van der Waals surface area contributed by atoms with Crippen LogP contribution in [0.15, 0.2) is 90.1 Å². The minimum absolute atomic E-state index is 0.0155. The van der Waals surface area contributed by atoms with Gasteiger partial charge in [-0.25, -0.2) is 9.67 Å². The average Bonchev–Trinajstić information content (AvgIpc) is 3.37. The number of nitro groups is 1. The van der Waals surface area contributed by atoms with Crippen LogP contribution in [0.4, 0.5) is 5.69 Å². The molecule has 5 aromatic rings. The molecule has 6 rings (SSSR count). The van der Waals surface area contributed by atoms with Crippen molar-refractivity contribution in [2.24, 2.45) is 0 Å². The molecule has 11 heteroatoms. The number of carbonyl (C=O) groups excluding carboxylic acids is 1. The number of aromatic nitrogens is 4. The molecule has 0 aliphatic carbocycles. The Kier molecular flexibility index (Phi) is 6.08. The predicted octanol–water partition coefficient (Wildman–Crippen LogP) is 3.60. The van der Waals surface area contributed by atoms with Crippen LogP contribution in [0, 0.1) is 10.1 Å². The number of hydrogen-bond acceptors (Lipinski definition) is 7. The van der Waals surface area contributed by atoms with E-state index < -0.39 is 10.8 Å². The Labute approximate surface area is 221 Å². The fraction of sp³-hybridized carbons (Fsp3) is 0.143. The molecular weight excluding hydrogens is 500 g/mol. The van der Waals surface area contributed by atoms with E-state index in [1.165, 1.54) is 29.2 Å². The second-order valence-corrected chi connectivity index (χ2v) is 9.11. The van der Waals surface area contributed by atoms with E-state index >= 15 is 0 Å². The first-order chi connectivity index (χ1) is 19.0. The molecule has 0 atom stereocenters. The Morgan fingerprint density at radius 2 is 1.67 bits per heavy atom. The molecule has 1 aliphatic rings. The van der Waals surface area contributed by atoms with Crippen LogP contribution in [0.3, 0.4) is 0 Å². The zero-order chi connectivity index (χ0) is 26.9. The van der Waals surface area contributed by atoms with E-state index in [9.17, 15) is 19.7 Å². The van der Waals surface area contributed by atoms with Crippen LogP contribution >= 0.6 is 0 Å². The van der Waals surface area contributed by atoms with Crippen LogP contribution in [-0.4, -0.2) is 36.7 Å². The van der Waals surface area contributed by atoms with Gasteiger partial charge in [0, 0.05) is 29.8 Å². The van der Waals surface area contributed by atoms with Gasteiger partial charge in [0.25, 0.3) is 11.2 Å². The maximum Gasteiger partial charge on any atom is 0.269 e. The number of nitrogens with one attached hydrogen (secondary N) is 1. The van der Waals surface area contributed by atoms with Crippen molar-refractivity contribution in [3.05, 3.63) is 122 Å². The molecule has 0 saturated carbocycles. The number of nitro benzene ring substituents is 1. The van der Waals surface area contributed by atoms with E-state index in [2.05, 4.69) is 15.4 Å². The highest BCUT2D eigenvalue weighted by atomic mass is 16.6. The summed E-state index contributed by atoms with van der Waals surface area (Å²) < 4.78 is 8.99. The molecule has 0 bridgehead atoms. The molecule has 0 saturated heterocycles. The number of para-hydroxylation sites is 2. The number of carbonyl (C=O) groups is 1. The van der Waals surface area contributed by atoms with Crippen molar-refractivity contribution in [3.8, 4) is 11.5 Å². The average molecular weight is 523 g/mol. The fourth-order valence-corrected chi connectivity index (χ4v) is 4.77. The van der Waals surface area contributed by atoms with Gasteiger partial charge in [-0.2, -0.15) is 5.10 Å². The Morgan fingerprint density at radius 3 is 2.33 bits per heavy atom. The third kappa shape index (κ3) is 4.50. The maximum absolute atomic E-state index is 13.3. The monoisotopic (exact) mass is 522 g/mol. The molecule has 1 N–H and O–H groups in total. The first-order valence-corrected chi connectivity index (χ1v) is 12.3. The Balaban J connectivity index is 1.16. The standard InChI is InChI=1S/C28H22N6O5/c35-27(25-20-5-1-3-7-23(20)39-24-8-4-2-6-21(24)25)29-13-14-33-26-22(15-31-33)28(36)32(17-30-26)16-18-9-11-19(12-10-18)34(37)38/h1-12,15,17,25H,13-14,16H2,(H,29,35). The molecule has 11 nitrogen and oxygen atoms in total. The predicted molar refractivity (Wildman–Crippen MR) is 142 cm³/mol. The van der Waals surface area contributed by atoms with Gasteiger partial charge in [0.15, 0.2) is 5.65 Å². The first-order valence-electron chi connectivity index (χ1n) is 12.3. The largest absolute Gasteiger partial charge is 0.457 e. The van der Waals surface area contributed by atoms with Crippen molar-refractivity contribution in [2.75, 3.05) is 6.54 Å². The molecule has 0 spiro atoms. The van der Waals surface area contributed by atoms with Gasteiger partial charge in [0.1, 0.15) is 23.2 Å². The summed E-state index contributed by atoms with van der Waals surface area (Å²) >= 11 is 0. The van der Waals surface area contributed by atoms with Crippen LogP contribution in [0.25, 0.3) is 11.0 Å². The third-order valence-electron chi connectivity index (χ3n) is 6.69. The lowest BCUT2D eigenvalue weighted by Crippen LogP contribution is -2.34. The molecule has 0 radical (unpaired) electrons. The number of rotatable bonds is 7. The van der Waals surface area contributed by atoms with Gasteiger partial charge in [0.05, 0.1) is 30.1 Å². The molecule has 3 heterocycles. The van der Waals surface area contributed by atoms with Crippen LogP contribution in [0.5, 0.6) is 11.5 Å². The lowest BCUT2D eigenvalue weighted by Gasteiger charge is -2.27. The summed E-state index contributed by atoms with van der Waals surface area (Å²) in [4.78, 5) is 41.2. The summed E-state index contributed by atoms with van der Waals surface area (Å²) in [5.41, 5.74) is 2.45. The highest BCUT2D eigenvalue weighted by Crippen LogP contribution is 2.43. The summed E-state index contributed by atoms with van der Waals surface area (Å²) in [6, 6.07) is 21.0. The summed E-state index contributed by atoms with van der Waals surface area (Å²) in [6.45, 7) is 0.820. The Morgan fingerprint density at radius 1 is 1.00 bits per heavy atom. The lowest BCUT2D eigenvalue weighted by molar-refractivity contribution is -0.384. The van der Waals surface area contributed by atoms with Gasteiger partial charge in [-0.1, -0.05) is 48.5 Å². The van der Waals surface area contributed by atoms with Gasteiger partial charge in [-0.15, -0.1) is 0 Å². The number of ether oxygens (including phenoxy) is 1. The number of benzene rings is 3. The van der Waals surface area contributed by atoms with E-state index in [0.717, 1.165) is 16.7 Å². The second kappa shape index (κ2) is 9.86. The smallest absolute Gasteiger partial charge is 0.269 e. The molecule has 1 amide bonds. The highest BCUT2D eigenvalue weighted by Gasteiger charge is 2.32. The summed E-state index contributed by atoms with van der Waals surface area (Å²) in [5, 5.41) is 18.5. The quantitative estimate of drug-likeness (QED) is 0.255. The van der Waals surface area contributed by atoms with Crippen LogP contribution in [-0.2, 0) is 17.9 Å². The molecule has 1 aliphatic heterocycles. The minimum atomic E-state index is -0.509. The van der Waals surface area contributed by atoms with E-state index in [4.69, 9.17) is 4.74 Å². The zero-order valence-electron chi connectivity index (χ0n) is 20.6. The van der Waals surface area contributed by atoms with Crippen molar-refractivity contribution in [1.29, 1.82) is 0 Å². The molecule has 3 aromatic carbocycles. The van der Waals surface area contributed by atoms with Gasteiger partial charge < -0.3 is 10.1 Å². The normalized spacial score (nSPS) is 12.4. The van der Waals surface area contributed by atoms with Crippen molar-refractivity contribution >= 4 is 22.6 Å². The summed E-state index contributed by atoms with van der Waals surface area (Å²) in [5.74, 6) is 0.644. The van der Waals surface area contributed by atoms with Crippen LogP contribution < -0.4 is 15.6 Å². The topological polar surface area (TPSA) is 134 Å². The van der Waals surface area contributed by atoms with Crippen molar-refractivity contribution < 1.29 is 14.5 Å². The summed E-state index contributed by atoms with van der Waals surface area (Å²) in [6.07, 6.45) is 2.89. The van der Waals surface area contributed by atoms with E-state index in [1.54, 1.807) is 16.8 Å². The van der Waals surface area contributed by atoms with Gasteiger partial charge in [0.2, 0.25) is 5.91 Å². The van der Waals surface area contributed by atoms with Gasteiger partial charge >= 0.3 is 0 Å². The van der Waals surface area contributed by atoms with E-state index in [1.807, 2.05) is 48.5 Å². The van der Waals surface area contributed by atoms with E-state index in [0.29, 0.717) is 29.1 Å². The number of non-ortho nitro benzene ring substituents is 1. The Bertz CT molecular complexity index is 1730. The summed E-state index contributed by atoms with van der Waals surface area (Å²) in [7, 11) is 0. The molecular formula is C28H22N6O5. The number of hydrogen-bond donors (Lipinski definition) is 1. The third-order valence-corrected chi connectivity index (χ3v) is 6.69. The first kappa shape index (κ1) is 24.0. The van der Waals surface area contributed by atoms with Gasteiger partial charge in [-0.3, -0.25) is 24.3 Å². The maximum atomic E-state index is 13.3. The highest BCUT2D eigenvalue weighted by molar-refractivity contribution is 5.89. The molecule has 194 valence electrons. The van der Waals surface area contributed by atoms with Crippen LogP contribution in [0.1, 0.15) is 22.6 Å². The van der Waals surface area contributed by atoms with Crippen molar-refractivity contribution in [2.45, 2.75) is 19.0 Å². The zero-order valence-corrected chi connectivity index (χ0v) is 20.6. The SMILES string of the molecule is O=C(NCCn1ncc2c(=O)n(Cc3ccc([N+](=O)[O-])cc3)cnc21)C1c2ccccc2Oc2ccccc21. The molecule has 2 aromatic heterocycles. The Hall–Kier alpha value is -5.32. The minimum Gasteiger partial charge on any atom is -0.457 e. The number of fused-ring (bicyclic) bond motifs is 3. The van der Waals surface area contributed by atoms with Gasteiger partial charge in [-0.05, 0) is 17.7 Å². The molecule has 0 unspecified atom stereocenters.